The van der Waals surface area contributed by atoms with Gasteiger partial charge in [0.15, 0.2) is 6.29 Å². The highest BCUT2D eigenvalue weighted by Gasteiger charge is 2.56. The number of carbonyl (C=O) groups excluding carboxylic acids is 2. The molecule has 10 heteroatoms. The van der Waals surface area contributed by atoms with Gasteiger partial charge in [-0.15, -0.1) is 0 Å². The molecule has 0 bridgehead atoms. The van der Waals surface area contributed by atoms with E-state index in [2.05, 4.69) is 0 Å². The molecule has 1 spiro atoms. The molecule has 0 radical (unpaired) electrons. The van der Waals surface area contributed by atoms with Gasteiger partial charge in [-0.2, -0.15) is 0 Å². The van der Waals surface area contributed by atoms with Gasteiger partial charge in [0.25, 0.3) is 0 Å². The molecule has 0 aromatic heterocycles. The van der Waals surface area contributed by atoms with Crippen LogP contribution in [0, 0.1) is 16.2 Å². The van der Waals surface area contributed by atoms with E-state index >= 15 is 0 Å². The molecular formula is C29H36O10. The van der Waals surface area contributed by atoms with Crippen molar-refractivity contribution in [3.63, 3.8) is 0 Å². The minimum atomic E-state index is -0.741. The van der Waals surface area contributed by atoms with Crippen molar-refractivity contribution < 1.29 is 48.2 Å². The summed E-state index contributed by atoms with van der Waals surface area (Å²) in [5.74, 6) is -0.923. The molecule has 4 rings (SSSR count). The Labute approximate surface area is 227 Å². The summed E-state index contributed by atoms with van der Waals surface area (Å²) in [7, 11) is 0. The van der Waals surface area contributed by atoms with Crippen LogP contribution in [0.4, 0.5) is 0 Å². The number of rotatable bonds is 8. The topological polar surface area (TPSA) is 130 Å². The van der Waals surface area contributed by atoms with Crippen LogP contribution in [0.3, 0.4) is 0 Å². The maximum Gasteiger partial charge on any atom is 0.338 e. The summed E-state index contributed by atoms with van der Waals surface area (Å²) in [4.78, 5) is 25.2. The summed E-state index contributed by atoms with van der Waals surface area (Å²) in [5.41, 5.74) is -1.41. The SMILES string of the molecule is CC(C)(COC(=O)c1ccc(O)cc1)C1OCC2(COCOC2)C(C(C)(C)COC(=O)c2ccc(O)cc2)O1. The van der Waals surface area contributed by atoms with E-state index in [9.17, 15) is 19.8 Å². The lowest BCUT2D eigenvalue weighted by molar-refractivity contribution is -0.354. The maximum absolute atomic E-state index is 12.7. The summed E-state index contributed by atoms with van der Waals surface area (Å²) in [5, 5.41) is 19.0. The molecular weight excluding hydrogens is 508 g/mol. The van der Waals surface area contributed by atoms with Crippen LogP contribution in [-0.4, -0.2) is 74.4 Å². The number of carbonyl (C=O) groups is 2. The van der Waals surface area contributed by atoms with Gasteiger partial charge < -0.3 is 38.6 Å². The highest BCUT2D eigenvalue weighted by molar-refractivity contribution is 5.90. The van der Waals surface area contributed by atoms with Crippen LogP contribution in [0.25, 0.3) is 0 Å². The third-order valence-electron chi connectivity index (χ3n) is 6.99. The average molecular weight is 545 g/mol. The van der Waals surface area contributed by atoms with E-state index in [1.165, 1.54) is 48.5 Å². The molecule has 10 nitrogen and oxygen atoms in total. The van der Waals surface area contributed by atoms with Crippen molar-refractivity contribution in [3.8, 4) is 11.5 Å². The summed E-state index contributed by atoms with van der Waals surface area (Å²) in [6, 6.07) is 11.7. The molecule has 0 aliphatic carbocycles. The zero-order valence-electron chi connectivity index (χ0n) is 22.7. The molecule has 39 heavy (non-hydrogen) atoms. The molecule has 2 aliphatic rings. The number of benzene rings is 2. The Balaban J connectivity index is 1.46. The first-order valence-electron chi connectivity index (χ1n) is 12.8. The van der Waals surface area contributed by atoms with E-state index < -0.39 is 40.6 Å². The second-order valence-electron chi connectivity index (χ2n) is 11.6. The monoisotopic (exact) mass is 544 g/mol. The zero-order chi connectivity index (χ0) is 28.3. The van der Waals surface area contributed by atoms with Crippen molar-refractivity contribution in [2.45, 2.75) is 40.1 Å². The molecule has 2 aliphatic heterocycles. The molecule has 2 aromatic carbocycles. The quantitative estimate of drug-likeness (QED) is 0.472. The Hall–Kier alpha value is -3.18. The highest BCUT2D eigenvalue weighted by Crippen LogP contribution is 2.46. The lowest BCUT2D eigenvalue weighted by atomic mass is 9.69. The van der Waals surface area contributed by atoms with E-state index in [0.717, 1.165) is 0 Å². The standard InChI is InChI=1S/C29H36O10/c1-27(2,13-36-23(32)19-5-9-21(30)10-6-19)25-29(15-34-18-35-16-29)17-38-26(39-25)28(3,4)14-37-24(33)20-7-11-22(31)12-8-20/h5-12,25-26,30-31H,13-18H2,1-4H3. The molecule has 2 atom stereocenters. The summed E-state index contributed by atoms with van der Waals surface area (Å²) in [6.45, 7) is 8.83. The van der Waals surface area contributed by atoms with Crippen LogP contribution in [0.5, 0.6) is 11.5 Å². The Morgan fingerprint density at radius 3 is 1.74 bits per heavy atom. The number of ether oxygens (including phenoxy) is 6. The smallest absolute Gasteiger partial charge is 0.338 e. The minimum absolute atomic E-state index is 0.0142. The van der Waals surface area contributed by atoms with Gasteiger partial charge in [-0.05, 0) is 48.5 Å². The first-order valence-corrected chi connectivity index (χ1v) is 12.8. The Kier molecular flexibility index (Phi) is 8.51. The maximum atomic E-state index is 12.7. The molecule has 2 unspecified atom stereocenters. The van der Waals surface area contributed by atoms with Crippen molar-refractivity contribution in [1.82, 2.24) is 0 Å². The van der Waals surface area contributed by atoms with E-state index in [1.807, 2.05) is 27.7 Å². The average Bonchev–Trinajstić information content (AvgIpc) is 2.92. The molecule has 2 aromatic rings. The zero-order valence-corrected chi connectivity index (χ0v) is 22.7. The van der Waals surface area contributed by atoms with Crippen LogP contribution in [0.2, 0.25) is 0 Å². The van der Waals surface area contributed by atoms with Gasteiger partial charge in [0.2, 0.25) is 0 Å². The first kappa shape index (κ1) is 28.8. The van der Waals surface area contributed by atoms with Crippen LogP contribution in [-0.2, 0) is 28.4 Å². The van der Waals surface area contributed by atoms with Gasteiger partial charge in [0, 0.05) is 10.8 Å². The predicted octanol–water partition coefficient (Wildman–Crippen LogP) is 3.90. The van der Waals surface area contributed by atoms with E-state index in [0.29, 0.717) is 24.3 Å². The summed E-state index contributed by atoms with van der Waals surface area (Å²) in [6.07, 6.45) is -1.24. The number of hydrogen-bond donors (Lipinski definition) is 2. The van der Waals surface area contributed by atoms with Gasteiger partial charge in [-0.3, -0.25) is 0 Å². The minimum Gasteiger partial charge on any atom is -0.508 e. The van der Waals surface area contributed by atoms with E-state index in [-0.39, 0.29) is 38.1 Å². The van der Waals surface area contributed by atoms with Gasteiger partial charge in [-0.25, -0.2) is 9.59 Å². The number of phenolic OH excluding ortho intramolecular Hbond substituents is 2. The third-order valence-corrected chi connectivity index (χ3v) is 6.99. The van der Waals surface area contributed by atoms with E-state index in [4.69, 9.17) is 28.4 Å². The molecule has 2 heterocycles. The van der Waals surface area contributed by atoms with Crippen molar-refractivity contribution >= 4 is 11.9 Å². The van der Waals surface area contributed by atoms with Crippen LogP contribution < -0.4 is 0 Å². The fourth-order valence-electron chi connectivity index (χ4n) is 4.88. The van der Waals surface area contributed by atoms with Crippen molar-refractivity contribution in [2.75, 3.05) is 39.8 Å². The molecule has 2 saturated heterocycles. The molecule has 0 amide bonds. The van der Waals surface area contributed by atoms with Crippen molar-refractivity contribution in [1.29, 1.82) is 0 Å². The lowest BCUT2D eigenvalue weighted by Crippen LogP contribution is -2.63. The third kappa shape index (κ3) is 6.70. The summed E-state index contributed by atoms with van der Waals surface area (Å²) >= 11 is 0. The number of hydrogen-bond acceptors (Lipinski definition) is 10. The largest absolute Gasteiger partial charge is 0.508 e. The van der Waals surface area contributed by atoms with Gasteiger partial charge in [0.05, 0.1) is 49.1 Å². The normalized spacial score (nSPS) is 21.3. The fraction of sp³-hybridized carbons (Fsp3) is 0.517. The number of phenols is 2. The summed E-state index contributed by atoms with van der Waals surface area (Å²) < 4.78 is 35.3. The first-order chi connectivity index (χ1) is 18.4. The highest BCUT2D eigenvalue weighted by atomic mass is 16.7. The van der Waals surface area contributed by atoms with Crippen LogP contribution in [0.1, 0.15) is 48.4 Å². The van der Waals surface area contributed by atoms with E-state index in [1.54, 1.807) is 0 Å². The molecule has 0 saturated carbocycles. The lowest BCUT2D eigenvalue weighted by Gasteiger charge is -2.54. The Morgan fingerprint density at radius 1 is 0.795 bits per heavy atom. The van der Waals surface area contributed by atoms with Gasteiger partial charge in [-0.1, -0.05) is 27.7 Å². The number of aromatic hydroxyl groups is 2. The van der Waals surface area contributed by atoms with Crippen LogP contribution in [0.15, 0.2) is 48.5 Å². The Morgan fingerprint density at radius 2 is 1.26 bits per heavy atom. The van der Waals surface area contributed by atoms with Gasteiger partial charge in [0.1, 0.15) is 24.9 Å². The van der Waals surface area contributed by atoms with Gasteiger partial charge >= 0.3 is 11.9 Å². The number of esters is 2. The Bertz CT molecular complexity index is 1130. The predicted molar refractivity (Wildman–Crippen MR) is 138 cm³/mol. The second kappa shape index (κ2) is 11.5. The van der Waals surface area contributed by atoms with Crippen molar-refractivity contribution in [2.24, 2.45) is 16.2 Å². The molecule has 2 N–H and O–H groups in total. The molecule has 2 fully saturated rings. The fourth-order valence-corrected chi connectivity index (χ4v) is 4.88. The molecule has 212 valence electrons. The van der Waals surface area contributed by atoms with Crippen LogP contribution >= 0.6 is 0 Å². The van der Waals surface area contributed by atoms with Crippen molar-refractivity contribution in [3.05, 3.63) is 59.7 Å². The second-order valence-corrected chi connectivity index (χ2v) is 11.6.